The average Bonchev–Trinajstić information content (AvgIpc) is 2.47. The van der Waals surface area contributed by atoms with Gasteiger partial charge in [-0.1, -0.05) is 28.1 Å². The number of ether oxygens (including phenoxy) is 1. The molecule has 1 amide bonds. The quantitative estimate of drug-likeness (QED) is 0.714. The van der Waals surface area contributed by atoms with Crippen LogP contribution in [-0.4, -0.2) is 11.7 Å². The predicted molar refractivity (Wildman–Crippen MR) is 97.7 cm³/mol. The van der Waals surface area contributed by atoms with Gasteiger partial charge in [-0.15, -0.1) is 0 Å². The molecule has 128 valence electrons. The van der Waals surface area contributed by atoms with Crippen LogP contribution in [-0.2, 0) is 11.3 Å². The lowest BCUT2D eigenvalue weighted by Crippen LogP contribution is -2.27. The van der Waals surface area contributed by atoms with Crippen molar-refractivity contribution in [1.82, 2.24) is 0 Å². The molecule has 4 nitrogen and oxygen atoms in total. The van der Waals surface area contributed by atoms with E-state index < -0.39 is 11.7 Å². The fraction of sp³-hybridized carbons (Fsp3) is 0.278. The molecule has 0 aliphatic heterocycles. The molecule has 0 aromatic heterocycles. The van der Waals surface area contributed by atoms with Crippen molar-refractivity contribution in [2.45, 2.75) is 32.9 Å². The van der Waals surface area contributed by atoms with Crippen LogP contribution in [0.15, 0.2) is 46.9 Å². The third-order valence-corrected chi connectivity index (χ3v) is 3.54. The van der Waals surface area contributed by atoms with E-state index in [2.05, 4.69) is 26.6 Å². The summed E-state index contributed by atoms with van der Waals surface area (Å²) in [6.45, 7) is 5.81. The zero-order valence-electron chi connectivity index (χ0n) is 13.8. The summed E-state index contributed by atoms with van der Waals surface area (Å²) in [7, 11) is 0. The standard InChI is InChI=1S/C18H20BrFN2O2/c1-18(2,3)24-17(23)22-14-8-9-15(20)16(10-14)21-11-12-4-6-13(19)7-5-12/h4-10,21H,11H2,1-3H3,(H,22,23). The second kappa shape index (κ2) is 7.66. The van der Waals surface area contributed by atoms with Gasteiger partial charge in [-0.05, 0) is 56.7 Å². The molecular formula is C18H20BrFN2O2. The maximum absolute atomic E-state index is 13.9. The van der Waals surface area contributed by atoms with Crippen LogP contribution in [0, 0.1) is 5.82 Å². The van der Waals surface area contributed by atoms with Gasteiger partial charge in [-0.25, -0.2) is 9.18 Å². The molecule has 2 N–H and O–H groups in total. The maximum Gasteiger partial charge on any atom is 0.412 e. The van der Waals surface area contributed by atoms with Crippen molar-refractivity contribution in [2.75, 3.05) is 10.6 Å². The molecule has 0 aliphatic carbocycles. The zero-order chi connectivity index (χ0) is 17.7. The van der Waals surface area contributed by atoms with Crippen LogP contribution in [0.25, 0.3) is 0 Å². The van der Waals surface area contributed by atoms with E-state index in [0.29, 0.717) is 17.9 Å². The third kappa shape index (κ3) is 5.85. The number of amides is 1. The summed E-state index contributed by atoms with van der Waals surface area (Å²) >= 11 is 3.37. The summed E-state index contributed by atoms with van der Waals surface area (Å²) in [6, 6.07) is 12.1. The Kier molecular flexibility index (Phi) is 5.83. The van der Waals surface area contributed by atoms with Crippen molar-refractivity contribution in [3.8, 4) is 0 Å². The van der Waals surface area contributed by atoms with E-state index in [1.807, 2.05) is 24.3 Å². The van der Waals surface area contributed by atoms with Crippen LogP contribution in [0.3, 0.4) is 0 Å². The molecule has 0 spiro atoms. The summed E-state index contributed by atoms with van der Waals surface area (Å²) in [5, 5.41) is 5.63. The Morgan fingerprint density at radius 3 is 2.46 bits per heavy atom. The number of carbonyl (C=O) groups is 1. The molecule has 24 heavy (non-hydrogen) atoms. The molecule has 0 saturated carbocycles. The molecule has 0 atom stereocenters. The Hall–Kier alpha value is -2.08. The fourth-order valence-electron chi connectivity index (χ4n) is 1.96. The van der Waals surface area contributed by atoms with Gasteiger partial charge >= 0.3 is 6.09 Å². The monoisotopic (exact) mass is 394 g/mol. The van der Waals surface area contributed by atoms with Gasteiger partial charge < -0.3 is 10.1 Å². The summed E-state index contributed by atoms with van der Waals surface area (Å²) < 4.78 is 20.1. The van der Waals surface area contributed by atoms with Crippen molar-refractivity contribution >= 4 is 33.4 Å². The van der Waals surface area contributed by atoms with E-state index in [4.69, 9.17) is 4.74 Å². The topological polar surface area (TPSA) is 50.4 Å². The summed E-state index contributed by atoms with van der Waals surface area (Å²) in [5.41, 5.74) is 1.20. The van der Waals surface area contributed by atoms with Gasteiger partial charge in [0.1, 0.15) is 11.4 Å². The van der Waals surface area contributed by atoms with Gasteiger partial charge in [0.05, 0.1) is 5.69 Å². The maximum atomic E-state index is 13.9. The van der Waals surface area contributed by atoms with E-state index in [9.17, 15) is 9.18 Å². The highest BCUT2D eigenvalue weighted by atomic mass is 79.9. The first-order valence-electron chi connectivity index (χ1n) is 7.51. The smallest absolute Gasteiger partial charge is 0.412 e. The molecule has 0 fully saturated rings. The first-order chi connectivity index (χ1) is 11.2. The van der Waals surface area contributed by atoms with Crippen LogP contribution in [0.4, 0.5) is 20.6 Å². The molecule has 0 radical (unpaired) electrons. The number of benzene rings is 2. The molecule has 0 heterocycles. The van der Waals surface area contributed by atoms with Crippen LogP contribution < -0.4 is 10.6 Å². The Morgan fingerprint density at radius 2 is 1.83 bits per heavy atom. The minimum absolute atomic E-state index is 0.312. The summed E-state index contributed by atoms with van der Waals surface area (Å²) in [6.07, 6.45) is -0.576. The molecule has 2 rings (SSSR count). The fourth-order valence-corrected chi connectivity index (χ4v) is 2.22. The van der Waals surface area contributed by atoms with Crippen molar-refractivity contribution in [1.29, 1.82) is 0 Å². The third-order valence-electron chi connectivity index (χ3n) is 3.01. The Balaban J connectivity index is 2.02. The molecule has 2 aromatic carbocycles. The molecule has 0 bridgehead atoms. The van der Waals surface area contributed by atoms with Crippen molar-refractivity contribution in [2.24, 2.45) is 0 Å². The van der Waals surface area contributed by atoms with Crippen molar-refractivity contribution in [3.63, 3.8) is 0 Å². The number of hydrogen-bond acceptors (Lipinski definition) is 3. The van der Waals surface area contributed by atoms with Crippen molar-refractivity contribution < 1.29 is 13.9 Å². The van der Waals surface area contributed by atoms with Gasteiger partial charge in [0.15, 0.2) is 0 Å². The lowest BCUT2D eigenvalue weighted by molar-refractivity contribution is 0.0636. The first kappa shape index (κ1) is 18.3. The summed E-state index contributed by atoms with van der Waals surface area (Å²) in [5.74, 6) is -0.387. The number of rotatable bonds is 4. The lowest BCUT2D eigenvalue weighted by atomic mass is 10.2. The predicted octanol–water partition coefficient (Wildman–Crippen LogP) is 5.55. The van der Waals surface area contributed by atoms with Crippen LogP contribution >= 0.6 is 15.9 Å². The highest BCUT2D eigenvalue weighted by Gasteiger charge is 2.16. The number of hydrogen-bond donors (Lipinski definition) is 2. The molecule has 2 aromatic rings. The molecule has 0 saturated heterocycles. The van der Waals surface area contributed by atoms with E-state index in [1.54, 1.807) is 20.8 Å². The molecular weight excluding hydrogens is 375 g/mol. The number of carbonyl (C=O) groups excluding carboxylic acids is 1. The van der Waals surface area contributed by atoms with E-state index in [-0.39, 0.29) is 5.82 Å². The number of anilines is 2. The normalized spacial score (nSPS) is 11.0. The van der Waals surface area contributed by atoms with E-state index in [0.717, 1.165) is 10.0 Å². The highest BCUT2D eigenvalue weighted by Crippen LogP contribution is 2.21. The van der Waals surface area contributed by atoms with Crippen LogP contribution in [0.1, 0.15) is 26.3 Å². The van der Waals surface area contributed by atoms with E-state index in [1.165, 1.54) is 18.2 Å². The Morgan fingerprint density at radius 1 is 1.17 bits per heavy atom. The van der Waals surface area contributed by atoms with Crippen LogP contribution in [0.2, 0.25) is 0 Å². The number of nitrogens with one attached hydrogen (secondary N) is 2. The molecule has 0 aliphatic rings. The van der Waals surface area contributed by atoms with E-state index >= 15 is 0 Å². The van der Waals surface area contributed by atoms with Crippen molar-refractivity contribution in [3.05, 3.63) is 58.3 Å². The van der Waals surface area contributed by atoms with Gasteiger partial charge in [-0.2, -0.15) is 0 Å². The molecule has 6 heteroatoms. The SMILES string of the molecule is CC(C)(C)OC(=O)Nc1ccc(F)c(NCc2ccc(Br)cc2)c1. The lowest BCUT2D eigenvalue weighted by Gasteiger charge is -2.20. The zero-order valence-corrected chi connectivity index (χ0v) is 15.4. The number of halogens is 2. The minimum atomic E-state index is -0.590. The summed E-state index contributed by atoms with van der Waals surface area (Å²) in [4.78, 5) is 11.8. The highest BCUT2D eigenvalue weighted by molar-refractivity contribution is 9.10. The Labute approximate surface area is 149 Å². The largest absolute Gasteiger partial charge is 0.444 e. The van der Waals surface area contributed by atoms with Gasteiger partial charge in [-0.3, -0.25) is 5.32 Å². The van der Waals surface area contributed by atoms with Crippen LogP contribution in [0.5, 0.6) is 0 Å². The average molecular weight is 395 g/mol. The second-order valence-electron chi connectivity index (χ2n) is 6.30. The van der Waals surface area contributed by atoms with Gasteiger partial charge in [0, 0.05) is 16.7 Å². The minimum Gasteiger partial charge on any atom is -0.444 e. The Bertz CT molecular complexity index is 712. The molecule has 0 unspecified atom stereocenters. The van der Waals surface area contributed by atoms with Gasteiger partial charge in [0.2, 0.25) is 0 Å². The first-order valence-corrected chi connectivity index (χ1v) is 8.30. The van der Waals surface area contributed by atoms with Gasteiger partial charge in [0.25, 0.3) is 0 Å². The second-order valence-corrected chi connectivity index (χ2v) is 7.22.